The van der Waals surface area contributed by atoms with Crippen molar-refractivity contribution >= 4 is 39.8 Å². The molecule has 6 nitrogen and oxygen atoms in total. The predicted octanol–water partition coefficient (Wildman–Crippen LogP) is 4.63. The molecule has 0 spiro atoms. The van der Waals surface area contributed by atoms with Gasteiger partial charge < -0.3 is 10.6 Å². The van der Waals surface area contributed by atoms with Crippen LogP contribution >= 0.6 is 11.3 Å². The Morgan fingerprint density at radius 2 is 1.67 bits per heavy atom. The molecule has 0 atom stereocenters. The number of urea groups is 1. The van der Waals surface area contributed by atoms with E-state index in [0.29, 0.717) is 11.4 Å². The molecule has 1 heterocycles. The lowest BCUT2D eigenvalue weighted by molar-refractivity contribution is 0.102. The van der Waals surface area contributed by atoms with Crippen molar-refractivity contribution in [3.05, 3.63) is 70.7 Å². The van der Waals surface area contributed by atoms with E-state index in [9.17, 15) is 18.4 Å². The fourth-order valence-corrected chi connectivity index (χ4v) is 3.06. The number of thiazole rings is 1. The highest BCUT2D eigenvalue weighted by Gasteiger charge is 2.17. The minimum atomic E-state index is -1.06. The molecule has 27 heavy (non-hydrogen) atoms. The van der Waals surface area contributed by atoms with Crippen LogP contribution < -0.4 is 16.0 Å². The van der Waals surface area contributed by atoms with Gasteiger partial charge in [0.05, 0.1) is 5.69 Å². The van der Waals surface area contributed by atoms with Crippen molar-refractivity contribution < 1.29 is 18.4 Å². The van der Waals surface area contributed by atoms with Gasteiger partial charge in [-0.1, -0.05) is 29.5 Å². The van der Waals surface area contributed by atoms with Gasteiger partial charge in [0, 0.05) is 17.4 Å². The number of carbonyl (C=O) groups excluding carboxylic acids is 2. The molecular formula is C18H14F2N4O2S. The summed E-state index contributed by atoms with van der Waals surface area (Å²) in [6.45, 7) is 1.61. The number of aryl methyl sites for hydroxylation is 1. The van der Waals surface area contributed by atoms with Crippen molar-refractivity contribution in [3.8, 4) is 0 Å². The van der Waals surface area contributed by atoms with Gasteiger partial charge in [-0.25, -0.2) is 18.6 Å². The van der Waals surface area contributed by atoms with Crippen LogP contribution in [0.3, 0.4) is 0 Å². The largest absolute Gasteiger partial charge is 0.325 e. The third-order valence-corrected chi connectivity index (χ3v) is 4.50. The number of amides is 3. The summed E-state index contributed by atoms with van der Waals surface area (Å²) in [4.78, 5) is 28.7. The number of aromatic nitrogens is 1. The molecule has 3 rings (SSSR count). The number of nitrogens with zero attached hydrogens (tertiary/aromatic N) is 1. The summed E-state index contributed by atoms with van der Waals surface area (Å²) in [5.41, 5.74) is 1.12. The maximum atomic E-state index is 13.2. The monoisotopic (exact) mass is 388 g/mol. The van der Waals surface area contributed by atoms with E-state index in [1.807, 2.05) is 6.07 Å². The molecule has 0 bridgehead atoms. The Labute approximate surface area is 157 Å². The number of anilines is 3. The first kappa shape index (κ1) is 18.5. The fraction of sp³-hybridized carbons (Fsp3) is 0.0556. The lowest BCUT2D eigenvalue weighted by atomic mass is 10.3. The van der Waals surface area contributed by atoms with Crippen molar-refractivity contribution in [1.82, 2.24) is 4.98 Å². The number of rotatable bonds is 4. The molecule has 0 aliphatic heterocycles. The number of hydrogen-bond donors (Lipinski definition) is 3. The predicted molar refractivity (Wildman–Crippen MR) is 100 cm³/mol. The Bertz CT molecular complexity index is 992. The summed E-state index contributed by atoms with van der Waals surface area (Å²) in [6.07, 6.45) is 0. The quantitative estimate of drug-likeness (QED) is 0.610. The summed E-state index contributed by atoms with van der Waals surface area (Å²) in [5, 5.41) is 7.90. The van der Waals surface area contributed by atoms with Crippen LogP contribution in [0.2, 0.25) is 0 Å². The zero-order valence-electron chi connectivity index (χ0n) is 14.0. The maximum absolute atomic E-state index is 13.2. The molecule has 3 aromatic rings. The minimum absolute atomic E-state index is 0.114. The van der Waals surface area contributed by atoms with E-state index in [1.54, 1.807) is 31.2 Å². The first-order valence-electron chi connectivity index (χ1n) is 7.79. The number of carbonyl (C=O) groups is 2. The number of para-hydroxylation sites is 1. The molecule has 2 aromatic carbocycles. The normalized spacial score (nSPS) is 10.3. The van der Waals surface area contributed by atoms with Crippen molar-refractivity contribution in [3.63, 3.8) is 0 Å². The summed E-state index contributed by atoms with van der Waals surface area (Å²) < 4.78 is 26.2. The lowest BCUT2D eigenvalue weighted by Crippen LogP contribution is -2.19. The van der Waals surface area contributed by atoms with E-state index in [0.717, 1.165) is 23.5 Å². The molecule has 0 saturated heterocycles. The molecule has 0 aliphatic carbocycles. The van der Waals surface area contributed by atoms with Gasteiger partial charge in [-0.15, -0.1) is 0 Å². The number of benzene rings is 2. The van der Waals surface area contributed by atoms with Crippen LogP contribution in [0.15, 0.2) is 48.5 Å². The van der Waals surface area contributed by atoms with E-state index >= 15 is 0 Å². The van der Waals surface area contributed by atoms with E-state index in [4.69, 9.17) is 0 Å². The molecule has 1 aromatic heterocycles. The minimum Gasteiger partial charge on any atom is -0.321 e. The SMILES string of the molecule is Cc1nc(NC(=O)Nc2ccccc2)sc1C(=O)Nc1ccc(F)c(F)c1. The van der Waals surface area contributed by atoms with Crippen molar-refractivity contribution in [2.45, 2.75) is 6.92 Å². The standard InChI is InChI=1S/C18H14F2N4O2S/c1-10-15(16(25)22-12-7-8-13(19)14(20)9-12)27-18(21-10)24-17(26)23-11-5-3-2-4-6-11/h2-9H,1H3,(H,22,25)(H2,21,23,24,26). The molecule has 0 aliphatic rings. The lowest BCUT2D eigenvalue weighted by Gasteiger charge is -2.05. The fourth-order valence-electron chi connectivity index (χ4n) is 2.20. The first-order valence-corrected chi connectivity index (χ1v) is 8.61. The van der Waals surface area contributed by atoms with Crippen LogP contribution in [0.25, 0.3) is 0 Å². The van der Waals surface area contributed by atoms with Crippen LogP contribution in [0.5, 0.6) is 0 Å². The van der Waals surface area contributed by atoms with E-state index in [2.05, 4.69) is 20.9 Å². The van der Waals surface area contributed by atoms with Crippen LogP contribution in [0.1, 0.15) is 15.4 Å². The Morgan fingerprint density at radius 1 is 0.926 bits per heavy atom. The second-order valence-corrected chi connectivity index (χ2v) is 6.46. The third-order valence-electron chi connectivity index (χ3n) is 3.43. The number of hydrogen-bond acceptors (Lipinski definition) is 4. The van der Waals surface area contributed by atoms with Gasteiger partial charge in [-0.3, -0.25) is 10.1 Å². The zero-order chi connectivity index (χ0) is 19.4. The molecular weight excluding hydrogens is 374 g/mol. The highest BCUT2D eigenvalue weighted by Crippen LogP contribution is 2.24. The van der Waals surface area contributed by atoms with Crippen molar-refractivity contribution in [2.75, 3.05) is 16.0 Å². The first-order chi connectivity index (χ1) is 12.9. The molecule has 0 radical (unpaired) electrons. The van der Waals surface area contributed by atoms with Crippen molar-refractivity contribution in [1.29, 1.82) is 0 Å². The highest BCUT2D eigenvalue weighted by molar-refractivity contribution is 7.17. The second-order valence-electron chi connectivity index (χ2n) is 5.46. The third kappa shape index (κ3) is 4.64. The molecule has 3 N–H and O–H groups in total. The van der Waals surface area contributed by atoms with E-state index < -0.39 is 23.6 Å². The molecule has 0 unspecified atom stereocenters. The van der Waals surface area contributed by atoms with Gasteiger partial charge in [0.1, 0.15) is 4.88 Å². The van der Waals surface area contributed by atoms with Crippen molar-refractivity contribution in [2.24, 2.45) is 0 Å². The molecule has 9 heteroatoms. The Kier molecular flexibility index (Phi) is 5.41. The van der Waals surface area contributed by atoms with Gasteiger partial charge in [-0.05, 0) is 31.2 Å². The van der Waals surface area contributed by atoms with Crippen LogP contribution in [-0.4, -0.2) is 16.9 Å². The summed E-state index contributed by atoms with van der Waals surface area (Å²) in [6, 6.07) is 11.4. The topological polar surface area (TPSA) is 83.1 Å². The number of halogens is 2. The summed E-state index contributed by atoms with van der Waals surface area (Å²) in [7, 11) is 0. The maximum Gasteiger partial charge on any atom is 0.325 e. The van der Waals surface area contributed by atoms with E-state index in [1.165, 1.54) is 6.07 Å². The van der Waals surface area contributed by atoms with E-state index in [-0.39, 0.29) is 15.7 Å². The average Bonchev–Trinajstić information content (AvgIpc) is 2.99. The van der Waals surface area contributed by atoms with Gasteiger partial charge >= 0.3 is 6.03 Å². The molecule has 0 fully saturated rings. The molecule has 0 saturated carbocycles. The van der Waals surface area contributed by atoms with Gasteiger partial charge in [0.25, 0.3) is 5.91 Å². The highest BCUT2D eigenvalue weighted by atomic mass is 32.1. The number of nitrogens with one attached hydrogen (secondary N) is 3. The smallest absolute Gasteiger partial charge is 0.321 e. The Morgan fingerprint density at radius 3 is 2.37 bits per heavy atom. The van der Waals surface area contributed by atoms with Crippen LogP contribution in [-0.2, 0) is 0 Å². The Balaban J connectivity index is 1.67. The zero-order valence-corrected chi connectivity index (χ0v) is 14.9. The molecule has 138 valence electrons. The van der Waals surface area contributed by atoms with Crippen LogP contribution in [0.4, 0.5) is 30.1 Å². The summed E-state index contributed by atoms with van der Waals surface area (Å²) >= 11 is 0.970. The van der Waals surface area contributed by atoms with Crippen LogP contribution in [0, 0.1) is 18.6 Å². The summed E-state index contributed by atoms with van der Waals surface area (Å²) in [5.74, 6) is -2.60. The van der Waals surface area contributed by atoms with Gasteiger partial charge in [0.15, 0.2) is 16.8 Å². The van der Waals surface area contributed by atoms with Gasteiger partial charge in [0.2, 0.25) is 0 Å². The Hall–Kier alpha value is -3.33. The molecule has 3 amide bonds. The average molecular weight is 388 g/mol. The van der Waals surface area contributed by atoms with Gasteiger partial charge in [-0.2, -0.15) is 0 Å². The second kappa shape index (κ2) is 7.92.